The van der Waals surface area contributed by atoms with E-state index in [-0.39, 0.29) is 6.04 Å². The largest absolute Gasteiger partial charge is 0.497 e. The first-order chi connectivity index (χ1) is 13.5. The van der Waals surface area contributed by atoms with E-state index in [0.717, 1.165) is 37.0 Å². The van der Waals surface area contributed by atoms with Crippen LogP contribution in [0.25, 0.3) is 0 Å². The highest BCUT2D eigenvalue weighted by Crippen LogP contribution is 2.47. The van der Waals surface area contributed by atoms with Gasteiger partial charge in [-0.15, -0.1) is 0 Å². The van der Waals surface area contributed by atoms with Crippen LogP contribution in [-0.4, -0.2) is 32.4 Å². The van der Waals surface area contributed by atoms with E-state index in [9.17, 15) is 8.42 Å². The summed E-state index contributed by atoms with van der Waals surface area (Å²) in [6.07, 6.45) is 3.75. The molecule has 0 aromatic heterocycles. The maximum absolute atomic E-state index is 13.4. The van der Waals surface area contributed by atoms with Gasteiger partial charge in [-0.1, -0.05) is 30.7 Å². The Labute approximate surface area is 168 Å². The highest BCUT2D eigenvalue weighted by atomic mass is 32.2. The summed E-state index contributed by atoms with van der Waals surface area (Å²) in [5.41, 5.74) is 3.83. The van der Waals surface area contributed by atoms with Gasteiger partial charge < -0.3 is 4.74 Å². The van der Waals surface area contributed by atoms with E-state index in [1.807, 2.05) is 25.1 Å². The molecule has 3 atom stereocenters. The van der Waals surface area contributed by atoms with Gasteiger partial charge in [0.2, 0.25) is 10.0 Å². The molecule has 1 aliphatic carbocycles. The molecular weight excluding hydrogens is 370 g/mol. The number of rotatable bonds is 4. The number of ether oxygens (including phenoxy) is 1. The topological polar surface area (TPSA) is 46.6 Å². The smallest absolute Gasteiger partial charge is 0.243 e. The highest BCUT2D eigenvalue weighted by Gasteiger charge is 2.44. The van der Waals surface area contributed by atoms with Crippen LogP contribution >= 0.6 is 0 Å². The quantitative estimate of drug-likeness (QED) is 0.759. The van der Waals surface area contributed by atoms with Crippen molar-refractivity contribution in [1.29, 1.82) is 0 Å². The molecule has 1 aliphatic heterocycles. The molecule has 1 saturated heterocycles. The second-order valence-corrected chi connectivity index (χ2v) is 9.96. The van der Waals surface area contributed by atoms with Crippen LogP contribution in [0, 0.1) is 12.8 Å². The maximum atomic E-state index is 13.4. The first-order valence-electron chi connectivity index (χ1n) is 10.2. The molecule has 2 aliphatic rings. The molecule has 0 amide bonds. The van der Waals surface area contributed by atoms with Crippen LogP contribution in [0.2, 0.25) is 0 Å². The Morgan fingerprint density at radius 2 is 1.86 bits per heavy atom. The monoisotopic (exact) mass is 399 g/mol. The lowest BCUT2D eigenvalue weighted by Crippen LogP contribution is -2.51. The summed E-state index contributed by atoms with van der Waals surface area (Å²) in [6, 6.07) is 13.7. The zero-order valence-corrected chi connectivity index (χ0v) is 17.7. The van der Waals surface area contributed by atoms with E-state index in [1.54, 1.807) is 23.5 Å². The Kier molecular flexibility index (Phi) is 5.23. The molecule has 0 unspecified atom stereocenters. The number of hydrogen-bond donors (Lipinski definition) is 0. The summed E-state index contributed by atoms with van der Waals surface area (Å²) in [6.45, 7) is 4.68. The van der Waals surface area contributed by atoms with Crippen molar-refractivity contribution in [2.24, 2.45) is 5.92 Å². The molecule has 4 nitrogen and oxygen atoms in total. The van der Waals surface area contributed by atoms with Crippen LogP contribution in [0.3, 0.4) is 0 Å². The van der Waals surface area contributed by atoms with Crippen molar-refractivity contribution >= 4 is 10.0 Å². The third-order valence-corrected chi connectivity index (χ3v) is 8.52. The molecule has 1 heterocycles. The van der Waals surface area contributed by atoms with Gasteiger partial charge in [-0.2, -0.15) is 4.31 Å². The zero-order valence-electron chi connectivity index (χ0n) is 16.9. The summed E-state index contributed by atoms with van der Waals surface area (Å²) in [7, 11) is -1.76. The Balaban J connectivity index is 1.65. The molecule has 1 fully saturated rings. The molecule has 150 valence electrons. The summed E-state index contributed by atoms with van der Waals surface area (Å²) in [5, 5.41) is 0. The maximum Gasteiger partial charge on any atom is 0.243 e. The second-order valence-electron chi connectivity index (χ2n) is 8.07. The number of piperidine rings is 1. The minimum absolute atomic E-state index is 0.0558. The minimum atomic E-state index is -3.47. The fourth-order valence-corrected chi connectivity index (χ4v) is 6.93. The van der Waals surface area contributed by atoms with E-state index in [4.69, 9.17) is 4.74 Å². The summed E-state index contributed by atoms with van der Waals surface area (Å²) < 4.78 is 33.9. The Bertz CT molecular complexity index is 952. The Morgan fingerprint density at radius 1 is 1.11 bits per heavy atom. The molecule has 4 rings (SSSR count). The predicted octanol–water partition coefficient (Wildman–Crippen LogP) is 4.52. The third kappa shape index (κ3) is 3.25. The lowest BCUT2D eigenvalue weighted by Gasteiger charge is -2.47. The van der Waals surface area contributed by atoms with Gasteiger partial charge in [-0.25, -0.2) is 8.42 Å². The Hall–Kier alpha value is -1.85. The number of sulfonamides is 1. The van der Waals surface area contributed by atoms with Gasteiger partial charge in [0.1, 0.15) is 5.75 Å². The summed E-state index contributed by atoms with van der Waals surface area (Å²) in [5.74, 6) is 1.72. The Morgan fingerprint density at radius 3 is 2.54 bits per heavy atom. The molecule has 0 saturated carbocycles. The number of fused-ring (bicyclic) bond motifs is 3. The summed E-state index contributed by atoms with van der Waals surface area (Å²) in [4.78, 5) is 0.413. The first kappa shape index (κ1) is 19.5. The van der Waals surface area contributed by atoms with Gasteiger partial charge in [0.25, 0.3) is 0 Å². The predicted molar refractivity (Wildman–Crippen MR) is 111 cm³/mol. The molecule has 0 N–H and O–H groups in total. The van der Waals surface area contributed by atoms with Crippen molar-refractivity contribution in [1.82, 2.24) is 4.31 Å². The average Bonchev–Trinajstić information content (AvgIpc) is 2.72. The van der Waals surface area contributed by atoms with Gasteiger partial charge in [-0.3, -0.25) is 0 Å². The molecule has 0 spiro atoms. The van der Waals surface area contributed by atoms with Crippen molar-refractivity contribution in [3.63, 3.8) is 0 Å². The number of methoxy groups -OCH3 is 1. The fraction of sp³-hybridized carbons (Fsp3) is 0.478. The van der Waals surface area contributed by atoms with Crippen LogP contribution in [0.1, 0.15) is 48.8 Å². The molecule has 2 aromatic rings. The third-order valence-electron chi connectivity index (χ3n) is 6.58. The number of hydrogen-bond acceptors (Lipinski definition) is 3. The van der Waals surface area contributed by atoms with E-state index < -0.39 is 10.0 Å². The lowest BCUT2D eigenvalue weighted by atomic mass is 9.68. The molecule has 28 heavy (non-hydrogen) atoms. The number of aryl methyl sites for hydroxylation is 2. The van der Waals surface area contributed by atoms with E-state index in [2.05, 4.69) is 19.1 Å². The summed E-state index contributed by atoms with van der Waals surface area (Å²) >= 11 is 0. The van der Waals surface area contributed by atoms with Crippen molar-refractivity contribution in [3.8, 4) is 5.75 Å². The van der Waals surface area contributed by atoms with Crippen molar-refractivity contribution < 1.29 is 13.2 Å². The van der Waals surface area contributed by atoms with Crippen molar-refractivity contribution in [3.05, 3.63) is 59.2 Å². The fourth-order valence-electron chi connectivity index (χ4n) is 5.17. The standard InChI is InChI=1S/C23H29NO3S/c1-4-23-22-11-7-17-15-18(27-3)8-12-20(17)21(22)13-14-24(23)28(25,26)19-9-5-16(2)6-10-19/h5-6,8-10,12,15,21-23H,4,7,11,13-14H2,1-3H3/t21-,22+,23-/m0/s1. The van der Waals surface area contributed by atoms with Crippen LogP contribution in [0.4, 0.5) is 0 Å². The van der Waals surface area contributed by atoms with Crippen LogP contribution in [0.5, 0.6) is 5.75 Å². The number of benzene rings is 2. The van der Waals surface area contributed by atoms with Gasteiger partial charge in [-0.05, 0) is 79.8 Å². The van der Waals surface area contributed by atoms with Gasteiger partial charge in [0, 0.05) is 12.6 Å². The van der Waals surface area contributed by atoms with Crippen LogP contribution in [-0.2, 0) is 16.4 Å². The molecule has 2 aromatic carbocycles. The van der Waals surface area contributed by atoms with E-state index >= 15 is 0 Å². The van der Waals surface area contributed by atoms with Gasteiger partial charge in [0.05, 0.1) is 12.0 Å². The van der Waals surface area contributed by atoms with Gasteiger partial charge in [0.15, 0.2) is 0 Å². The second kappa shape index (κ2) is 7.53. The van der Waals surface area contributed by atoms with Crippen LogP contribution in [0.15, 0.2) is 47.4 Å². The van der Waals surface area contributed by atoms with Crippen molar-refractivity contribution in [2.45, 2.75) is 56.4 Å². The van der Waals surface area contributed by atoms with E-state index in [1.165, 1.54) is 11.1 Å². The lowest BCUT2D eigenvalue weighted by molar-refractivity contribution is 0.131. The number of nitrogens with zero attached hydrogens (tertiary/aromatic N) is 1. The first-order valence-corrected chi connectivity index (χ1v) is 11.6. The minimum Gasteiger partial charge on any atom is -0.497 e. The molecule has 0 radical (unpaired) electrons. The SMILES string of the molecule is CC[C@H]1[C@@H]2CCc3cc(OC)ccc3[C@@H]2CCN1S(=O)(=O)c1ccc(C)cc1. The highest BCUT2D eigenvalue weighted by molar-refractivity contribution is 7.89. The average molecular weight is 400 g/mol. The normalized spacial score (nSPS) is 25.0. The van der Waals surface area contributed by atoms with Crippen molar-refractivity contribution in [2.75, 3.05) is 13.7 Å². The van der Waals surface area contributed by atoms with Gasteiger partial charge >= 0.3 is 0 Å². The van der Waals surface area contributed by atoms with Crippen LogP contribution < -0.4 is 4.74 Å². The van der Waals surface area contributed by atoms with E-state index in [0.29, 0.717) is 23.3 Å². The zero-order chi connectivity index (χ0) is 19.9. The molecule has 5 heteroatoms. The molecule has 0 bridgehead atoms. The molecular formula is C23H29NO3S.